The van der Waals surface area contributed by atoms with E-state index in [2.05, 4.69) is 0 Å². The van der Waals surface area contributed by atoms with Crippen LogP contribution in [0.15, 0.2) is 41.8 Å². The van der Waals surface area contributed by atoms with Crippen LogP contribution in [-0.4, -0.2) is 0 Å². The SMILES string of the molecule is ClC(Cl)(Cl)c1cccccccs1. The highest BCUT2D eigenvalue weighted by Gasteiger charge is 2.22. The minimum absolute atomic E-state index is 0.689. The van der Waals surface area contributed by atoms with Crippen molar-refractivity contribution >= 4 is 46.1 Å². The fourth-order valence-electron chi connectivity index (χ4n) is 0.694. The Morgan fingerprint density at radius 2 is 1.54 bits per heavy atom. The van der Waals surface area contributed by atoms with Crippen molar-refractivity contribution in [1.82, 2.24) is 0 Å². The van der Waals surface area contributed by atoms with Crippen LogP contribution in [0.5, 0.6) is 0 Å². The van der Waals surface area contributed by atoms with Crippen LogP contribution in [0.3, 0.4) is 0 Å². The summed E-state index contributed by atoms with van der Waals surface area (Å²) < 4.78 is -1.34. The highest BCUT2D eigenvalue weighted by Crippen LogP contribution is 2.39. The van der Waals surface area contributed by atoms with Gasteiger partial charge in [0, 0.05) is 0 Å². The van der Waals surface area contributed by atoms with Gasteiger partial charge in [-0.25, -0.2) is 0 Å². The predicted molar refractivity (Wildman–Crippen MR) is 61.2 cm³/mol. The summed E-state index contributed by atoms with van der Waals surface area (Å²) in [5, 5.41) is 1.87. The second kappa shape index (κ2) is 5.06. The van der Waals surface area contributed by atoms with Crippen molar-refractivity contribution < 1.29 is 0 Å². The fraction of sp³-hybridized carbons (Fsp3) is 0.111. The molecule has 4 heteroatoms. The third-order valence-corrected chi connectivity index (χ3v) is 3.18. The number of hydrogen-bond acceptors (Lipinski definition) is 1. The zero-order valence-electron chi connectivity index (χ0n) is 6.58. The number of halogens is 3. The lowest BCUT2D eigenvalue weighted by Gasteiger charge is -2.07. The summed E-state index contributed by atoms with van der Waals surface area (Å²) in [5.41, 5.74) is 0. The molecule has 1 rings (SSSR count). The average molecular weight is 254 g/mol. The molecule has 0 spiro atoms. The minimum atomic E-state index is -1.34. The van der Waals surface area contributed by atoms with E-state index in [1.807, 2.05) is 35.7 Å². The van der Waals surface area contributed by atoms with E-state index >= 15 is 0 Å². The van der Waals surface area contributed by atoms with E-state index in [4.69, 9.17) is 34.8 Å². The molecule has 0 aliphatic heterocycles. The van der Waals surface area contributed by atoms with Crippen molar-refractivity contribution in [2.45, 2.75) is 3.79 Å². The highest BCUT2D eigenvalue weighted by atomic mass is 35.6. The second-order valence-electron chi connectivity index (χ2n) is 2.24. The molecular formula is C9H7Cl3S. The third kappa shape index (κ3) is 4.19. The Bertz CT molecular complexity index is 289. The summed E-state index contributed by atoms with van der Waals surface area (Å²) in [7, 11) is 0. The maximum atomic E-state index is 5.74. The van der Waals surface area contributed by atoms with Gasteiger partial charge in [0.2, 0.25) is 3.79 Å². The first-order valence-electron chi connectivity index (χ1n) is 3.55. The summed E-state index contributed by atoms with van der Waals surface area (Å²) in [6.45, 7) is 0. The zero-order chi connectivity index (χ0) is 9.73. The maximum Gasteiger partial charge on any atom is 0.224 e. The molecule has 1 aromatic rings. The summed E-state index contributed by atoms with van der Waals surface area (Å²) >= 11 is 18.6. The zero-order valence-corrected chi connectivity index (χ0v) is 9.67. The van der Waals surface area contributed by atoms with E-state index in [1.165, 1.54) is 11.3 Å². The number of hydrogen-bond donors (Lipinski definition) is 0. The van der Waals surface area contributed by atoms with E-state index in [-0.39, 0.29) is 0 Å². The lowest BCUT2D eigenvalue weighted by Crippen LogP contribution is -1.95. The second-order valence-corrected chi connectivity index (χ2v) is 5.47. The van der Waals surface area contributed by atoms with Crippen molar-refractivity contribution in [2.75, 3.05) is 0 Å². The summed E-state index contributed by atoms with van der Waals surface area (Å²) in [5.74, 6) is 0. The van der Waals surface area contributed by atoms with E-state index in [9.17, 15) is 0 Å². The molecular weight excluding hydrogens is 247 g/mol. The van der Waals surface area contributed by atoms with Crippen LogP contribution < -0.4 is 0 Å². The highest BCUT2D eigenvalue weighted by molar-refractivity contribution is 7.11. The smallest absolute Gasteiger partial charge is 0.144 e. The standard InChI is InChI=1S/C9H7Cl3S/c10-9(11,12)8-6-4-2-1-3-5-7-13-8/h1-7H. The third-order valence-electron chi connectivity index (χ3n) is 1.25. The van der Waals surface area contributed by atoms with Gasteiger partial charge in [0.25, 0.3) is 0 Å². The molecule has 0 aromatic carbocycles. The summed E-state index contributed by atoms with van der Waals surface area (Å²) in [6.07, 6.45) is 0. The molecule has 0 aliphatic carbocycles. The van der Waals surface area contributed by atoms with Crippen LogP contribution >= 0.6 is 46.1 Å². The normalized spacial score (nSPS) is 10.7. The van der Waals surface area contributed by atoms with Crippen molar-refractivity contribution in [3.63, 3.8) is 0 Å². The predicted octanol–water partition coefficient (Wildman–Crippen LogP) is 4.70. The van der Waals surface area contributed by atoms with Gasteiger partial charge in [-0.3, -0.25) is 0 Å². The van der Waals surface area contributed by atoms with E-state index in [0.29, 0.717) is 4.88 Å². The Kier molecular flexibility index (Phi) is 4.33. The Labute approximate surface area is 96.4 Å². The molecule has 0 N–H and O–H groups in total. The van der Waals surface area contributed by atoms with Crippen molar-refractivity contribution in [1.29, 1.82) is 0 Å². The summed E-state index contributed by atoms with van der Waals surface area (Å²) in [4.78, 5) is 0.689. The van der Waals surface area contributed by atoms with Crippen LogP contribution in [0.2, 0.25) is 0 Å². The van der Waals surface area contributed by atoms with Gasteiger partial charge in [-0.15, -0.1) is 11.3 Å². The first kappa shape index (κ1) is 11.1. The van der Waals surface area contributed by atoms with Gasteiger partial charge in [-0.1, -0.05) is 65.1 Å². The molecule has 1 heterocycles. The molecule has 70 valence electrons. The van der Waals surface area contributed by atoms with E-state index < -0.39 is 3.79 Å². The fourth-order valence-corrected chi connectivity index (χ4v) is 1.89. The lowest BCUT2D eigenvalue weighted by atomic mass is 10.4. The van der Waals surface area contributed by atoms with Crippen LogP contribution in [-0.2, 0) is 3.79 Å². The molecule has 0 unspecified atom stereocenters. The van der Waals surface area contributed by atoms with E-state index in [1.54, 1.807) is 6.07 Å². The first-order chi connectivity index (χ1) is 6.11. The molecule has 0 atom stereocenters. The summed E-state index contributed by atoms with van der Waals surface area (Å²) in [6, 6.07) is 11.2. The molecule has 0 saturated heterocycles. The van der Waals surface area contributed by atoms with Gasteiger partial charge in [-0.2, -0.15) is 0 Å². The van der Waals surface area contributed by atoms with Gasteiger partial charge in [0.05, 0.1) is 4.88 Å². The average Bonchev–Trinajstić information content (AvgIpc) is 2.14. The number of alkyl halides is 3. The van der Waals surface area contributed by atoms with Crippen LogP contribution in [0.1, 0.15) is 4.88 Å². The minimum Gasteiger partial charge on any atom is -0.144 e. The quantitative estimate of drug-likeness (QED) is 0.588. The van der Waals surface area contributed by atoms with Gasteiger partial charge in [0.1, 0.15) is 0 Å². The molecule has 0 radical (unpaired) electrons. The van der Waals surface area contributed by atoms with E-state index in [0.717, 1.165) is 0 Å². The van der Waals surface area contributed by atoms with Crippen LogP contribution in [0.25, 0.3) is 0 Å². The Hall–Kier alpha value is 0.0500. The first-order valence-corrected chi connectivity index (χ1v) is 5.56. The van der Waals surface area contributed by atoms with Crippen molar-refractivity contribution in [2.24, 2.45) is 0 Å². The molecule has 0 bridgehead atoms. The van der Waals surface area contributed by atoms with Gasteiger partial charge in [0.15, 0.2) is 0 Å². The number of rotatable bonds is 0. The largest absolute Gasteiger partial charge is 0.224 e. The molecule has 13 heavy (non-hydrogen) atoms. The monoisotopic (exact) mass is 252 g/mol. The molecule has 0 aliphatic rings. The Morgan fingerprint density at radius 1 is 0.923 bits per heavy atom. The van der Waals surface area contributed by atoms with Crippen molar-refractivity contribution in [3.05, 3.63) is 46.7 Å². The van der Waals surface area contributed by atoms with Crippen LogP contribution in [0, 0.1) is 0 Å². The van der Waals surface area contributed by atoms with Gasteiger partial charge in [-0.05, 0) is 11.4 Å². The molecule has 0 fully saturated rings. The Morgan fingerprint density at radius 3 is 2.23 bits per heavy atom. The lowest BCUT2D eigenvalue weighted by molar-refractivity contribution is 1.31. The molecule has 0 nitrogen and oxygen atoms in total. The van der Waals surface area contributed by atoms with Crippen LogP contribution in [0.4, 0.5) is 0 Å². The van der Waals surface area contributed by atoms with Crippen molar-refractivity contribution in [3.8, 4) is 0 Å². The van der Waals surface area contributed by atoms with Gasteiger partial charge < -0.3 is 0 Å². The maximum absolute atomic E-state index is 5.74. The topological polar surface area (TPSA) is 0 Å². The Balaban J connectivity index is 3.20. The molecule has 0 saturated carbocycles. The molecule has 1 aromatic heterocycles. The van der Waals surface area contributed by atoms with Gasteiger partial charge >= 0.3 is 0 Å². The molecule has 0 amide bonds.